The third kappa shape index (κ3) is 6.53. The number of amides is 1. The summed E-state index contributed by atoms with van der Waals surface area (Å²) in [5, 5.41) is 3.81. The number of hydrogen-bond acceptors (Lipinski definition) is 5. The van der Waals surface area contributed by atoms with Crippen molar-refractivity contribution in [2.45, 2.75) is 49.7 Å². The topological polar surface area (TPSA) is 101 Å². The summed E-state index contributed by atoms with van der Waals surface area (Å²) in [5.41, 5.74) is -0.265. The van der Waals surface area contributed by atoms with Gasteiger partial charge in [0.15, 0.2) is 15.5 Å². The normalized spacial score (nSPS) is 17.7. The van der Waals surface area contributed by atoms with Gasteiger partial charge in [-0.2, -0.15) is 4.31 Å². The summed E-state index contributed by atoms with van der Waals surface area (Å²) in [4.78, 5) is 12.6. The van der Waals surface area contributed by atoms with Gasteiger partial charge in [0.05, 0.1) is 4.90 Å². The van der Waals surface area contributed by atoms with Gasteiger partial charge in [-0.1, -0.05) is 48.9 Å². The number of carbonyl (C=O) groups is 1. The number of nitrogens with zero attached hydrogens (tertiary/aromatic N) is 1. The molecule has 1 aliphatic rings. The lowest BCUT2D eigenvalue weighted by atomic mass is 9.93. The van der Waals surface area contributed by atoms with Crippen LogP contribution in [0.25, 0.3) is 11.1 Å². The van der Waals surface area contributed by atoms with Crippen molar-refractivity contribution in [1.82, 2.24) is 9.62 Å². The van der Waals surface area contributed by atoms with Gasteiger partial charge in [0.2, 0.25) is 10.0 Å². The van der Waals surface area contributed by atoms with E-state index in [1.807, 2.05) is 6.92 Å². The van der Waals surface area contributed by atoms with Crippen LogP contribution in [-0.2, 0) is 31.1 Å². The predicted molar refractivity (Wildman–Crippen MR) is 140 cm³/mol. The van der Waals surface area contributed by atoms with E-state index in [4.69, 9.17) is 11.6 Å². The van der Waals surface area contributed by atoms with Crippen LogP contribution in [0.2, 0.25) is 5.02 Å². The molecule has 2 aromatic carbocycles. The Balaban J connectivity index is 1.81. The Bertz CT molecular complexity index is 1370. The number of halogens is 2. The molecule has 2 aromatic rings. The minimum atomic E-state index is -4.01. The summed E-state index contributed by atoms with van der Waals surface area (Å²) in [5.74, 6) is -0.894. The Labute approximate surface area is 217 Å². The van der Waals surface area contributed by atoms with Crippen LogP contribution in [0.5, 0.6) is 0 Å². The molecule has 196 valence electrons. The molecule has 1 aliphatic heterocycles. The van der Waals surface area contributed by atoms with E-state index < -0.39 is 37.5 Å². The number of nitrogens with one attached hydrogen (secondary N) is 1. The molecule has 0 bridgehead atoms. The quantitative estimate of drug-likeness (QED) is 0.527. The standard InChI is InChI=1S/C25H30ClFN2O5S2/c1-4-19-9-10-23(21(17-19)20-7-5-6-8-22(20)26)36(33,34)29-14-12-25(27,13-15-29)24(30)28-18(2)11-16-35(3,31)32/h5-11,16-18H,4,12-15H2,1-3H3,(H,28,30)/b16-11-/t18-/m1/s1. The molecule has 7 nitrogen and oxygen atoms in total. The van der Waals surface area contributed by atoms with Crippen LogP contribution < -0.4 is 5.32 Å². The first-order valence-corrected chi connectivity index (χ1v) is 15.3. The molecule has 0 radical (unpaired) electrons. The van der Waals surface area contributed by atoms with Crippen molar-refractivity contribution in [2.24, 2.45) is 0 Å². The number of alkyl halides is 1. The maximum atomic E-state index is 15.5. The summed E-state index contributed by atoms with van der Waals surface area (Å²) in [7, 11) is -7.39. The fourth-order valence-corrected chi connectivity index (χ4v) is 6.39. The summed E-state index contributed by atoms with van der Waals surface area (Å²) >= 11 is 6.38. The first kappa shape index (κ1) is 28.3. The summed E-state index contributed by atoms with van der Waals surface area (Å²) in [6.45, 7) is 3.13. The predicted octanol–water partition coefficient (Wildman–Crippen LogP) is 4.13. The highest BCUT2D eigenvalue weighted by molar-refractivity contribution is 7.93. The summed E-state index contributed by atoms with van der Waals surface area (Å²) in [6, 6.07) is 11.4. The lowest BCUT2D eigenvalue weighted by Gasteiger charge is -2.35. The summed E-state index contributed by atoms with van der Waals surface area (Å²) < 4.78 is 66.4. The van der Waals surface area contributed by atoms with Crippen molar-refractivity contribution in [1.29, 1.82) is 0 Å². The Kier molecular flexibility index (Phi) is 8.65. The molecule has 1 N–H and O–H groups in total. The molecular weight excluding hydrogens is 527 g/mol. The van der Waals surface area contributed by atoms with Crippen LogP contribution in [0.1, 0.15) is 32.3 Å². The smallest absolute Gasteiger partial charge is 0.258 e. The van der Waals surface area contributed by atoms with E-state index in [0.717, 1.165) is 17.2 Å². The lowest BCUT2D eigenvalue weighted by molar-refractivity contribution is -0.135. The number of benzene rings is 2. The zero-order valence-corrected chi connectivity index (χ0v) is 22.8. The maximum Gasteiger partial charge on any atom is 0.258 e. The fourth-order valence-electron chi connectivity index (χ4n) is 4.00. The van der Waals surface area contributed by atoms with Gasteiger partial charge in [-0.3, -0.25) is 4.79 Å². The van der Waals surface area contributed by atoms with Gasteiger partial charge < -0.3 is 5.32 Å². The van der Waals surface area contributed by atoms with Crippen LogP contribution in [0.4, 0.5) is 4.39 Å². The van der Waals surface area contributed by atoms with Gasteiger partial charge >= 0.3 is 0 Å². The minimum absolute atomic E-state index is 0.0724. The number of carbonyl (C=O) groups excluding carboxylic acids is 1. The van der Waals surface area contributed by atoms with E-state index in [1.165, 1.54) is 17.3 Å². The zero-order valence-electron chi connectivity index (χ0n) is 20.4. The highest BCUT2D eigenvalue weighted by Gasteiger charge is 2.44. The third-order valence-electron chi connectivity index (χ3n) is 6.13. The van der Waals surface area contributed by atoms with E-state index in [-0.39, 0.29) is 30.8 Å². The fraction of sp³-hybridized carbons (Fsp3) is 0.400. The highest BCUT2D eigenvalue weighted by Crippen LogP contribution is 2.37. The zero-order chi connectivity index (χ0) is 26.7. The number of sulfone groups is 1. The van der Waals surface area contributed by atoms with Crippen LogP contribution in [-0.4, -0.2) is 58.1 Å². The van der Waals surface area contributed by atoms with Crippen LogP contribution in [0.3, 0.4) is 0 Å². The first-order chi connectivity index (χ1) is 16.8. The molecule has 3 rings (SSSR count). The molecule has 1 atom stereocenters. The molecule has 1 saturated heterocycles. The van der Waals surface area contributed by atoms with Crippen LogP contribution in [0.15, 0.2) is 58.8 Å². The van der Waals surface area contributed by atoms with E-state index in [2.05, 4.69) is 5.32 Å². The molecule has 0 aromatic heterocycles. The number of rotatable bonds is 8. The van der Waals surface area contributed by atoms with Gasteiger partial charge in [0.25, 0.3) is 5.91 Å². The van der Waals surface area contributed by atoms with Crippen molar-refractivity contribution in [2.75, 3.05) is 19.3 Å². The van der Waals surface area contributed by atoms with Crippen LogP contribution >= 0.6 is 11.6 Å². The molecule has 0 saturated carbocycles. The second-order valence-electron chi connectivity index (χ2n) is 8.95. The summed E-state index contributed by atoms with van der Waals surface area (Å²) in [6.07, 6.45) is 2.33. The molecule has 11 heteroatoms. The van der Waals surface area contributed by atoms with Gasteiger partial charge in [0.1, 0.15) is 0 Å². The molecule has 0 unspecified atom stereocenters. The Hall–Kier alpha value is -2.27. The second kappa shape index (κ2) is 11.0. The molecule has 0 aliphatic carbocycles. The van der Waals surface area contributed by atoms with Gasteiger partial charge in [-0.05, 0) is 37.1 Å². The van der Waals surface area contributed by atoms with Gasteiger partial charge in [0, 0.05) is 59.8 Å². The largest absolute Gasteiger partial charge is 0.347 e. The minimum Gasteiger partial charge on any atom is -0.347 e. The molecule has 1 amide bonds. The number of piperidine rings is 1. The molecule has 1 heterocycles. The number of hydrogen-bond donors (Lipinski definition) is 1. The monoisotopic (exact) mass is 556 g/mol. The van der Waals surface area contributed by atoms with Crippen molar-refractivity contribution in [3.63, 3.8) is 0 Å². The van der Waals surface area contributed by atoms with E-state index in [1.54, 1.807) is 42.5 Å². The van der Waals surface area contributed by atoms with Crippen LogP contribution in [0, 0.1) is 0 Å². The molecule has 1 fully saturated rings. The Morgan fingerprint density at radius 3 is 2.36 bits per heavy atom. The Morgan fingerprint density at radius 2 is 1.78 bits per heavy atom. The average Bonchev–Trinajstić information content (AvgIpc) is 2.82. The van der Waals surface area contributed by atoms with E-state index in [9.17, 15) is 21.6 Å². The SMILES string of the molecule is CCc1ccc(S(=O)(=O)N2CCC(F)(C(=O)N[C@H](C)/C=C\S(C)(=O)=O)CC2)c(-c2ccccc2Cl)c1. The molecule has 0 spiro atoms. The van der Waals surface area contributed by atoms with E-state index >= 15 is 4.39 Å². The van der Waals surface area contributed by atoms with Gasteiger partial charge in [-0.25, -0.2) is 21.2 Å². The first-order valence-electron chi connectivity index (χ1n) is 11.5. The van der Waals surface area contributed by atoms with Gasteiger partial charge in [-0.15, -0.1) is 0 Å². The number of sulfonamides is 1. The third-order valence-corrected chi connectivity index (χ3v) is 9.07. The van der Waals surface area contributed by atoms with Crippen molar-refractivity contribution in [3.8, 4) is 11.1 Å². The van der Waals surface area contributed by atoms with E-state index in [0.29, 0.717) is 22.6 Å². The maximum absolute atomic E-state index is 15.5. The molecule has 36 heavy (non-hydrogen) atoms. The van der Waals surface area contributed by atoms with Crippen molar-refractivity contribution < 1.29 is 26.0 Å². The highest BCUT2D eigenvalue weighted by atomic mass is 35.5. The Morgan fingerprint density at radius 1 is 1.14 bits per heavy atom. The average molecular weight is 557 g/mol. The van der Waals surface area contributed by atoms with Crippen molar-refractivity contribution in [3.05, 3.63) is 64.5 Å². The number of aryl methyl sites for hydroxylation is 1. The lowest BCUT2D eigenvalue weighted by Crippen LogP contribution is -2.53. The van der Waals surface area contributed by atoms with Crippen molar-refractivity contribution >= 4 is 37.4 Å². The second-order valence-corrected chi connectivity index (χ2v) is 13.2. The molecular formula is C25H30ClFN2O5S2.